The molecule has 2 aromatic carbocycles. The summed E-state index contributed by atoms with van der Waals surface area (Å²) in [4.78, 5) is 0. The van der Waals surface area contributed by atoms with E-state index in [1.165, 1.54) is 5.56 Å². The summed E-state index contributed by atoms with van der Waals surface area (Å²) in [5.74, 6) is 1.71. The molecule has 0 saturated heterocycles. The van der Waals surface area contributed by atoms with Crippen molar-refractivity contribution in [2.24, 2.45) is 0 Å². The Morgan fingerprint density at radius 3 is 1.95 bits per heavy atom. The first kappa shape index (κ1) is 15.1. The van der Waals surface area contributed by atoms with E-state index in [0.717, 1.165) is 17.1 Å². The van der Waals surface area contributed by atoms with Gasteiger partial charge in [0.2, 0.25) is 0 Å². The van der Waals surface area contributed by atoms with Crippen molar-refractivity contribution in [3.63, 3.8) is 0 Å². The third-order valence-corrected chi connectivity index (χ3v) is 2.54. The first-order chi connectivity index (χ1) is 9.19. The van der Waals surface area contributed by atoms with Crippen LogP contribution in [-0.4, -0.2) is 19.3 Å². The number of aliphatic hydroxyl groups is 1. The molecule has 3 nitrogen and oxygen atoms in total. The van der Waals surface area contributed by atoms with Crippen LogP contribution in [-0.2, 0) is 6.61 Å². The SMILES string of the molecule is COc1cccc(C)c1.COc1cccc(CO)c1. The topological polar surface area (TPSA) is 38.7 Å². The van der Waals surface area contributed by atoms with E-state index in [4.69, 9.17) is 14.6 Å². The zero-order valence-electron chi connectivity index (χ0n) is 11.6. The van der Waals surface area contributed by atoms with Gasteiger partial charge in [-0.15, -0.1) is 0 Å². The van der Waals surface area contributed by atoms with E-state index in [2.05, 4.69) is 0 Å². The largest absolute Gasteiger partial charge is 0.497 e. The highest BCUT2D eigenvalue weighted by Crippen LogP contribution is 2.11. The molecule has 19 heavy (non-hydrogen) atoms. The normalized spacial score (nSPS) is 9.26. The van der Waals surface area contributed by atoms with E-state index in [9.17, 15) is 0 Å². The van der Waals surface area contributed by atoms with Crippen LogP contribution in [0.15, 0.2) is 48.5 Å². The van der Waals surface area contributed by atoms with Crippen LogP contribution in [0.2, 0.25) is 0 Å². The van der Waals surface area contributed by atoms with Gasteiger partial charge in [0, 0.05) is 0 Å². The van der Waals surface area contributed by atoms with Crippen LogP contribution in [0.1, 0.15) is 11.1 Å². The first-order valence-electron chi connectivity index (χ1n) is 6.04. The van der Waals surface area contributed by atoms with Crippen molar-refractivity contribution < 1.29 is 14.6 Å². The minimum atomic E-state index is 0.0667. The van der Waals surface area contributed by atoms with Crippen LogP contribution in [0.5, 0.6) is 11.5 Å². The predicted octanol–water partition coefficient (Wildman–Crippen LogP) is 3.19. The fourth-order valence-corrected chi connectivity index (χ4v) is 1.51. The Hall–Kier alpha value is -2.00. The molecule has 0 fully saturated rings. The number of aryl methyl sites for hydroxylation is 1. The van der Waals surface area contributed by atoms with Crippen LogP contribution in [0.4, 0.5) is 0 Å². The zero-order chi connectivity index (χ0) is 14.1. The molecule has 1 N–H and O–H groups in total. The summed E-state index contributed by atoms with van der Waals surface area (Å²) in [6.45, 7) is 2.11. The molecule has 0 unspecified atom stereocenters. The van der Waals surface area contributed by atoms with Crippen molar-refractivity contribution in [3.05, 3.63) is 59.7 Å². The summed E-state index contributed by atoms with van der Waals surface area (Å²) in [6.07, 6.45) is 0. The number of rotatable bonds is 3. The molecule has 102 valence electrons. The van der Waals surface area contributed by atoms with Gasteiger partial charge in [0.1, 0.15) is 11.5 Å². The summed E-state index contributed by atoms with van der Waals surface area (Å²) in [6, 6.07) is 15.3. The van der Waals surface area contributed by atoms with Crippen molar-refractivity contribution in [1.29, 1.82) is 0 Å². The first-order valence-corrected chi connectivity index (χ1v) is 6.04. The van der Waals surface area contributed by atoms with Gasteiger partial charge >= 0.3 is 0 Å². The minimum absolute atomic E-state index is 0.0667. The Bertz CT molecular complexity index is 476. The Morgan fingerprint density at radius 2 is 1.47 bits per heavy atom. The molecule has 0 amide bonds. The highest BCUT2D eigenvalue weighted by Gasteiger charge is 1.91. The van der Waals surface area contributed by atoms with Crippen molar-refractivity contribution >= 4 is 0 Å². The second-order valence-electron chi connectivity index (χ2n) is 4.03. The Kier molecular flexibility index (Phi) is 6.47. The summed E-state index contributed by atoms with van der Waals surface area (Å²) in [5, 5.41) is 8.70. The quantitative estimate of drug-likeness (QED) is 0.921. The highest BCUT2D eigenvalue weighted by atomic mass is 16.5. The van der Waals surface area contributed by atoms with Crippen molar-refractivity contribution in [3.8, 4) is 11.5 Å². The number of aliphatic hydroxyl groups excluding tert-OH is 1. The van der Waals surface area contributed by atoms with Gasteiger partial charge in [-0.05, 0) is 42.3 Å². The van der Waals surface area contributed by atoms with Gasteiger partial charge < -0.3 is 14.6 Å². The molecule has 3 heteroatoms. The number of hydrogen-bond donors (Lipinski definition) is 1. The number of methoxy groups -OCH3 is 2. The average molecular weight is 260 g/mol. The fraction of sp³-hybridized carbons (Fsp3) is 0.250. The van der Waals surface area contributed by atoms with E-state index < -0.39 is 0 Å². The van der Waals surface area contributed by atoms with Crippen molar-refractivity contribution in [2.75, 3.05) is 14.2 Å². The molecule has 0 saturated carbocycles. The molecular formula is C16H20O3. The van der Waals surface area contributed by atoms with Crippen LogP contribution < -0.4 is 9.47 Å². The molecule has 0 radical (unpaired) electrons. The zero-order valence-corrected chi connectivity index (χ0v) is 11.6. The van der Waals surface area contributed by atoms with Gasteiger partial charge in [0.25, 0.3) is 0 Å². The second-order valence-corrected chi connectivity index (χ2v) is 4.03. The van der Waals surface area contributed by atoms with E-state index >= 15 is 0 Å². The number of benzene rings is 2. The Labute approximate surface area is 114 Å². The molecule has 0 aliphatic carbocycles. The molecule has 0 aromatic heterocycles. The summed E-state index contributed by atoms with van der Waals surface area (Å²) in [5.41, 5.74) is 2.11. The molecule has 0 atom stereocenters. The lowest BCUT2D eigenvalue weighted by molar-refractivity contribution is 0.281. The van der Waals surface area contributed by atoms with Gasteiger partial charge in [-0.2, -0.15) is 0 Å². The standard InChI is InChI=1S/C8H10O2.C8H10O/c1-10-8-4-2-3-7(5-8)6-9;1-7-4-3-5-8(6-7)9-2/h2-5,9H,6H2,1H3;3-6H,1-2H3. The maximum Gasteiger partial charge on any atom is 0.119 e. The molecular weight excluding hydrogens is 240 g/mol. The van der Waals surface area contributed by atoms with E-state index in [1.54, 1.807) is 20.3 Å². The number of ether oxygens (including phenoxy) is 2. The van der Waals surface area contributed by atoms with Crippen LogP contribution in [0.25, 0.3) is 0 Å². The highest BCUT2D eigenvalue weighted by molar-refractivity contribution is 5.28. The molecule has 2 aromatic rings. The minimum Gasteiger partial charge on any atom is -0.497 e. The predicted molar refractivity (Wildman–Crippen MR) is 76.6 cm³/mol. The van der Waals surface area contributed by atoms with Crippen LogP contribution in [0.3, 0.4) is 0 Å². The molecule has 0 aliphatic rings. The Morgan fingerprint density at radius 1 is 0.895 bits per heavy atom. The summed E-state index contributed by atoms with van der Waals surface area (Å²) in [7, 11) is 3.28. The van der Waals surface area contributed by atoms with Gasteiger partial charge in [-0.3, -0.25) is 0 Å². The van der Waals surface area contributed by atoms with Gasteiger partial charge in [-0.25, -0.2) is 0 Å². The van der Waals surface area contributed by atoms with E-state index in [-0.39, 0.29) is 6.61 Å². The van der Waals surface area contributed by atoms with Crippen molar-refractivity contribution in [2.45, 2.75) is 13.5 Å². The molecule has 0 aliphatic heterocycles. The second kappa shape index (κ2) is 8.16. The lowest BCUT2D eigenvalue weighted by Gasteiger charge is -1.99. The average Bonchev–Trinajstić information content (AvgIpc) is 2.48. The Balaban J connectivity index is 0.000000191. The smallest absolute Gasteiger partial charge is 0.119 e. The third kappa shape index (κ3) is 5.44. The van der Waals surface area contributed by atoms with Gasteiger partial charge in [0.05, 0.1) is 20.8 Å². The van der Waals surface area contributed by atoms with Gasteiger partial charge in [0.15, 0.2) is 0 Å². The fourth-order valence-electron chi connectivity index (χ4n) is 1.51. The van der Waals surface area contributed by atoms with E-state index in [0.29, 0.717) is 0 Å². The lowest BCUT2D eigenvalue weighted by atomic mass is 10.2. The maximum absolute atomic E-state index is 8.70. The van der Waals surface area contributed by atoms with Crippen molar-refractivity contribution in [1.82, 2.24) is 0 Å². The monoisotopic (exact) mass is 260 g/mol. The molecule has 0 spiro atoms. The van der Waals surface area contributed by atoms with Crippen LogP contribution in [0, 0.1) is 6.92 Å². The third-order valence-electron chi connectivity index (χ3n) is 2.54. The summed E-state index contributed by atoms with van der Waals surface area (Å²) < 4.78 is 9.94. The van der Waals surface area contributed by atoms with Crippen LogP contribution >= 0.6 is 0 Å². The summed E-state index contributed by atoms with van der Waals surface area (Å²) >= 11 is 0. The molecule has 2 rings (SSSR count). The molecule has 0 heterocycles. The number of hydrogen-bond acceptors (Lipinski definition) is 3. The van der Waals surface area contributed by atoms with E-state index in [1.807, 2.05) is 49.4 Å². The maximum atomic E-state index is 8.70. The van der Waals surface area contributed by atoms with Gasteiger partial charge in [-0.1, -0.05) is 24.3 Å². The molecule has 0 bridgehead atoms. The lowest BCUT2D eigenvalue weighted by Crippen LogP contribution is -1.85.